The number of nitrogens with zero attached hydrogens (tertiary/aromatic N) is 5. The Hall–Kier alpha value is -4.25. The van der Waals surface area contributed by atoms with Crippen LogP contribution in [0.5, 0.6) is 11.5 Å². The standard InChI is InChI=1S/C27H30N6O4S/c1-15-23(16(2)38-32-15)18-14-29-27(33(3)4)31-25(18)30-20(26(34)35)12-17-10-11-19(28-13-17)24-21(36-5)8-7-9-22(24)37-6/h7-11,13-14,20H,12H2,1-6H3,(H,34,35)(H,29,30,31). The van der Waals surface area contributed by atoms with Crippen molar-refractivity contribution in [1.29, 1.82) is 0 Å². The summed E-state index contributed by atoms with van der Waals surface area (Å²) in [7, 11) is 6.85. The Labute approximate surface area is 225 Å². The Morgan fingerprint density at radius 3 is 2.29 bits per heavy atom. The summed E-state index contributed by atoms with van der Waals surface area (Å²) in [6.07, 6.45) is 3.57. The zero-order valence-electron chi connectivity index (χ0n) is 22.1. The van der Waals surface area contributed by atoms with Crippen molar-refractivity contribution in [1.82, 2.24) is 19.3 Å². The number of ether oxygens (including phenoxy) is 2. The Morgan fingerprint density at radius 1 is 1.05 bits per heavy atom. The number of carbonyl (C=O) groups is 1. The smallest absolute Gasteiger partial charge is 0.326 e. The second kappa shape index (κ2) is 11.4. The third-order valence-corrected chi connectivity index (χ3v) is 6.88. The molecule has 4 aromatic rings. The molecule has 0 bridgehead atoms. The topological polar surface area (TPSA) is 123 Å². The lowest BCUT2D eigenvalue weighted by Crippen LogP contribution is -2.32. The van der Waals surface area contributed by atoms with Crippen molar-refractivity contribution in [3.63, 3.8) is 0 Å². The molecule has 2 N–H and O–H groups in total. The van der Waals surface area contributed by atoms with Gasteiger partial charge in [0.1, 0.15) is 23.4 Å². The quantitative estimate of drug-likeness (QED) is 0.301. The van der Waals surface area contributed by atoms with E-state index in [4.69, 9.17) is 9.47 Å². The van der Waals surface area contributed by atoms with Crippen molar-refractivity contribution in [2.24, 2.45) is 0 Å². The fraction of sp³-hybridized carbons (Fsp3) is 0.296. The summed E-state index contributed by atoms with van der Waals surface area (Å²) in [6.45, 7) is 3.89. The van der Waals surface area contributed by atoms with Gasteiger partial charge in [-0.25, -0.2) is 9.78 Å². The fourth-order valence-electron chi connectivity index (χ4n) is 4.15. The minimum atomic E-state index is -1.01. The van der Waals surface area contributed by atoms with Crippen LogP contribution in [0.15, 0.2) is 42.7 Å². The molecule has 0 aliphatic rings. The first-order chi connectivity index (χ1) is 18.2. The molecule has 3 heterocycles. The van der Waals surface area contributed by atoms with Crippen LogP contribution < -0.4 is 19.7 Å². The van der Waals surface area contributed by atoms with Crippen molar-refractivity contribution in [3.8, 4) is 33.9 Å². The summed E-state index contributed by atoms with van der Waals surface area (Å²) in [5.74, 6) is 1.17. The monoisotopic (exact) mass is 534 g/mol. The fourth-order valence-corrected chi connectivity index (χ4v) is 4.86. The van der Waals surface area contributed by atoms with E-state index in [1.54, 1.807) is 31.5 Å². The van der Waals surface area contributed by atoms with Gasteiger partial charge in [0, 0.05) is 48.9 Å². The second-order valence-electron chi connectivity index (χ2n) is 8.85. The number of carboxylic acid groups (broad SMARTS) is 1. The average Bonchev–Trinajstić information content (AvgIpc) is 3.25. The second-order valence-corrected chi connectivity index (χ2v) is 9.83. The molecule has 0 aliphatic carbocycles. The number of hydrogen-bond acceptors (Lipinski definition) is 10. The molecule has 4 rings (SSSR count). The number of hydrogen-bond donors (Lipinski definition) is 2. The van der Waals surface area contributed by atoms with Gasteiger partial charge in [-0.15, -0.1) is 0 Å². The molecule has 1 aromatic carbocycles. The zero-order valence-corrected chi connectivity index (χ0v) is 23.0. The maximum absolute atomic E-state index is 12.3. The highest BCUT2D eigenvalue weighted by Crippen LogP contribution is 2.37. The van der Waals surface area contributed by atoms with Crippen LogP contribution in [0.1, 0.15) is 16.1 Å². The van der Waals surface area contributed by atoms with Gasteiger partial charge >= 0.3 is 5.97 Å². The number of benzene rings is 1. The molecule has 0 fully saturated rings. The Bertz CT molecular complexity index is 1400. The molecule has 0 radical (unpaired) electrons. The van der Waals surface area contributed by atoms with Crippen LogP contribution in [0, 0.1) is 13.8 Å². The summed E-state index contributed by atoms with van der Waals surface area (Å²) >= 11 is 1.39. The highest BCUT2D eigenvalue weighted by atomic mass is 32.1. The molecule has 1 atom stereocenters. The van der Waals surface area contributed by atoms with Crippen LogP contribution in [0.4, 0.5) is 11.8 Å². The van der Waals surface area contributed by atoms with Crippen molar-refractivity contribution < 1.29 is 19.4 Å². The third kappa shape index (κ3) is 5.52. The molecule has 3 aromatic heterocycles. The van der Waals surface area contributed by atoms with E-state index in [9.17, 15) is 9.90 Å². The summed E-state index contributed by atoms with van der Waals surface area (Å²) < 4.78 is 15.4. The number of nitrogens with one attached hydrogen (secondary N) is 1. The van der Waals surface area contributed by atoms with Gasteiger partial charge in [0.05, 0.1) is 31.2 Å². The molecule has 1 unspecified atom stereocenters. The van der Waals surface area contributed by atoms with Crippen LogP contribution in [0.3, 0.4) is 0 Å². The highest BCUT2D eigenvalue weighted by Gasteiger charge is 2.24. The number of aryl methyl sites for hydroxylation is 2. The van der Waals surface area contributed by atoms with Crippen molar-refractivity contribution in [2.75, 3.05) is 38.5 Å². The highest BCUT2D eigenvalue weighted by molar-refractivity contribution is 7.06. The van der Waals surface area contributed by atoms with Gasteiger partial charge in [-0.2, -0.15) is 9.36 Å². The van der Waals surface area contributed by atoms with Crippen molar-refractivity contribution in [2.45, 2.75) is 26.3 Å². The van der Waals surface area contributed by atoms with Gasteiger partial charge in [0.25, 0.3) is 0 Å². The van der Waals surface area contributed by atoms with Crippen LogP contribution in [0.2, 0.25) is 0 Å². The summed E-state index contributed by atoms with van der Waals surface area (Å²) in [4.78, 5) is 28.8. The predicted molar refractivity (Wildman–Crippen MR) is 148 cm³/mol. The van der Waals surface area contributed by atoms with Crippen LogP contribution in [-0.2, 0) is 11.2 Å². The maximum atomic E-state index is 12.3. The van der Waals surface area contributed by atoms with Gasteiger partial charge in [-0.3, -0.25) is 4.98 Å². The van der Waals surface area contributed by atoms with Crippen LogP contribution in [-0.4, -0.2) is 64.8 Å². The number of anilines is 2. The Kier molecular flexibility index (Phi) is 8.06. The maximum Gasteiger partial charge on any atom is 0.326 e. The van der Waals surface area contributed by atoms with Gasteiger partial charge in [0.2, 0.25) is 5.95 Å². The van der Waals surface area contributed by atoms with Gasteiger partial charge in [0.15, 0.2) is 0 Å². The number of pyridine rings is 1. The molecule has 10 nitrogen and oxygen atoms in total. The number of aliphatic carboxylic acids is 1. The van der Waals surface area contributed by atoms with E-state index in [1.165, 1.54) is 11.5 Å². The van der Waals surface area contributed by atoms with Crippen molar-refractivity contribution >= 4 is 29.3 Å². The first kappa shape index (κ1) is 26.8. The van der Waals surface area contributed by atoms with Gasteiger partial charge in [-0.05, 0) is 49.1 Å². The van der Waals surface area contributed by atoms with Gasteiger partial charge < -0.3 is 24.8 Å². The van der Waals surface area contributed by atoms with E-state index in [1.807, 2.05) is 58.3 Å². The molecule has 0 aliphatic heterocycles. The molecule has 198 valence electrons. The molecular formula is C27H30N6O4S. The van der Waals surface area contributed by atoms with E-state index >= 15 is 0 Å². The molecule has 0 saturated heterocycles. The number of methoxy groups -OCH3 is 2. The Balaban J connectivity index is 1.65. The minimum absolute atomic E-state index is 0.187. The SMILES string of the molecule is COc1cccc(OC)c1-c1ccc(CC(Nc2nc(N(C)C)ncc2-c2c(C)nsc2C)C(=O)O)cn1. The molecule has 0 saturated carbocycles. The first-order valence-corrected chi connectivity index (χ1v) is 12.6. The Morgan fingerprint density at radius 2 is 1.76 bits per heavy atom. The van der Waals surface area contributed by atoms with E-state index < -0.39 is 12.0 Å². The summed E-state index contributed by atoms with van der Waals surface area (Å²) in [5.41, 5.74) is 4.60. The lowest BCUT2D eigenvalue weighted by molar-refractivity contribution is -0.137. The molecule has 11 heteroatoms. The lowest BCUT2D eigenvalue weighted by atomic mass is 10.0. The molecule has 38 heavy (non-hydrogen) atoms. The third-order valence-electron chi connectivity index (χ3n) is 6.04. The molecular weight excluding hydrogens is 504 g/mol. The number of carboxylic acids is 1. The summed E-state index contributed by atoms with van der Waals surface area (Å²) in [6, 6.07) is 8.25. The number of aromatic nitrogens is 4. The summed E-state index contributed by atoms with van der Waals surface area (Å²) in [5, 5.41) is 13.2. The van der Waals surface area contributed by atoms with E-state index in [2.05, 4.69) is 24.6 Å². The molecule has 0 spiro atoms. The predicted octanol–water partition coefficient (Wildman–Crippen LogP) is 4.47. The normalized spacial score (nSPS) is 11.6. The van der Waals surface area contributed by atoms with E-state index in [0.717, 1.165) is 27.3 Å². The zero-order chi connectivity index (χ0) is 27.4. The van der Waals surface area contributed by atoms with Crippen LogP contribution >= 0.6 is 11.5 Å². The van der Waals surface area contributed by atoms with Crippen molar-refractivity contribution in [3.05, 3.63) is 58.9 Å². The average molecular weight is 535 g/mol. The van der Waals surface area contributed by atoms with E-state index in [-0.39, 0.29) is 6.42 Å². The first-order valence-electron chi connectivity index (χ1n) is 11.9. The largest absolute Gasteiger partial charge is 0.496 e. The van der Waals surface area contributed by atoms with Crippen LogP contribution in [0.25, 0.3) is 22.4 Å². The lowest BCUT2D eigenvalue weighted by Gasteiger charge is -2.20. The minimum Gasteiger partial charge on any atom is -0.496 e. The number of rotatable bonds is 10. The van der Waals surface area contributed by atoms with Gasteiger partial charge in [-0.1, -0.05) is 12.1 Å². The molecule has 0 amide bonds. The van der Waals surface area contributed by atoms with E-state index in [0.29, 0.717) is 34.5 Å².